The Bertz CT molecular complexity index is 514. The highest BCUT2D eigenvalue weighted by atomic mass is 15.3. The van der Waals surface area contributed by atoms with Crippen molar-refractivity contribution in [3.63, 3.8) is 0 Å². The molecule has 0 radical (unpaired) electrons. The van der Waals surface area contributed by atoms with Crippen molar-refractivity contribution in [3.8, 4) is 0 Å². The van der Waals surface area contributed by atoms with Crippen molar-refractivity contribution in [2.75, 3.05) is 17.3 Å². The molecule has 4 N–H and O–H groups in total. The smallest absolute Gasteiger partial charge is 0.145 e. The van der Waals surface area contributed by atoms with Gasteiger partial charge in [0.05, 0.1) is 0 Å². The van der Waals surface area contributed by atoms with Crippen LogP contribution < -0.4 is 16.6 Å². The molecule has 1 saturated carbocycles. The highest BCUT2D eigenvalue weighted by Gasteiger charge is 2.64. The molecular formula is C16H29N5. The first-order valence-electron chi connectivity index (χ1n) is 7.60. The van der Waals surface area contributed by atoms with Crippen LogP contribution in [0.15, 0.2) is 6.07 Å². The van der Waals surface area contributed by atoms with Gasteiger partial charge in [0.25, 0.3) is 0 Å². The van der Waals surface area contributed by atoms with Gasteiger partial charge in [0.15, 0.2) is 0 Å². The van der Waals surface area contributed by atoms with E-state index >= 15 is 0 Å². The molecule has 0 amide bonds. The maximum absolute atomic E-state index is 5.52. The monoisotopic (exact) mass is 291 g/mol. The zero-order valence-electron chi connectivity index (χ0n) is 14.3. The second-order valence-corrected chi connectivity index (χ2v) is 8.23. The van der Waals surface area contributed by atoms with Gasteiger partial charge in [-0.2, -0.15) is 0 Å². The van der Waals surface area contributed by atoms with Crippen LogP contribution in [-0.4, -0.2) is 16.5 Å². The topological polar surface area (TPSA) is 75.9 Å². The average molecular weight is 291 g/mol. The van der Waals surface area contributed by atoms with E-state index in [4.69, 9.17) is 5.84 Å². The number of nitrogens with one attached hydrogen (secondary N) is 2. The number of hydrogen-bond acceptors (Lipinski definition) is 5. The molecule has 0 bridgehead atoms. The van der Waals surface area contributed by atoms with Gasteiger partial charge in [-0.3, -0.25) is 0 Å². The van der Waals surface area contributed by atoms with E-state index in [-0.39, 0.29) is 5.41 Å². The molecule has 1 aromatic heterocycles. The van der Waals surface area contributed by atoms with E-state index < -0.39 is 0 Å². The number of hydrogen-bond donors (Lipinski definition) is 3. The van der Waals surface area contributed by atoms with Crippen LogP contribution in [0.3, 0.4) is 0 Å². The van der Waals surface area contributed by atoms with Crippen molar-refractivity contribution in [1.29, 1.82) is 0 Å². The van der Waals surface area contributed by atoms with Crippen molar-refractivity contribution in [3.05, 3.63) is 11.9 Å². The lowest BCUT2D eigenvalue weighted by molar-refractivity contribution is 0.457. The normalized spacial score (nSPS) is 20.2. The highest BCUT2D eigenvalue weighted by Crippen LogP contribution is 2.68. The summed E-state index contributed by atoms with van der Waals surface area (Å²) in [6.07, 6.45) is 0. The lowest BCUT2D eigenvalue weighted by Gasteiger charge is -2.19. The van der Waals surface area contributed by atoms with E-state index in [1.54, 1.807) is 0 Å². The summed E-state index contributed by atoms with van der Waals surface area (Å²) in [4.78, 5) is 9.07. The Balaban J connectivity index is 2.14. The molecule has 5 nitrogen and oxygen atoms in total. The summed E-state index contributed by atoms with van der Waals surface area (Å²) < 4.78 is 0. The first kappa shape index (κ1) is 16.0. The number of hydrazine groups is 1. The minimum atomic E-state index is -0.110. The Hall–Kier alpha value is -1.36. The van der Waals surface area contributed by atoms with Crippen molar-refractivity contribution < 1.29 is 0 Å². The third-order valence-corrected chi connectivity index (χ3v) is 5.35. The number of nitrogen functional groups attached to an aromatic ring is 1. The number of nitrogens with zero attached hydrogens (tertiary/aromatic N) is 2. The number of rotatable bonds is 4. The van der Waals surface area contributed by atoms with Crippen LogP contribution in [0, 0.1) is 16.7 Å². The second kappa shape index (κ2) is 4.83. The van der Waals surface area contributed by atoms with E-state index in [1.165, 1.54) is 0 Å². The van der Waals surface area contributed by atoms with E-state index in [2.05, 4.69) is 69.2 Å². The summed E-state index contributed by atoms with van der Waals surface area (Å²) in [5.74, 6) is 8.43. The molecular weight excluding hydrogens is 262 g/mol. The van der Waals surface area contributed by atoms with Gasteiger partial charge in [-0.15, -0.1) is 0 Å². The lowest BCUT2D eigenvalue weighted by atomic mass is 9.96. The molecule has 2 rings (SSSR count). The first-order chi connectivity index (χ1) is 9.50. The number of nitrogens with two attached hydrogens (primary N) is 1. The van der Waals surface area contributed by atoms with Crippen LogP contribution in [0.4, 0.5) is 11.6 Å². The molecule has 21 heavy (non-hydrogen) atoms. The summed E-state index contributed by atoms with van der Waals surface area (Å²) in [6.45, 7) is 16.5. The summed E-state index contributed by atoms with van der Waals surface area (Å²) in [5.41, 5.74) is 3.25. The molecule has 1 aromatic rings. The van der Waals surface area contributed by atoms with Crippen molar-refractivity contribution in [2.24, 2.45) is 22.6 Å². The summed E-state index contributed by atoms with van der Waals surface area (Å²) >= 11 is 0. The molecule has 1 heterocycles. The summed E-state index contributed by atoms with van der Waals surface area (Å²) in [6, 6.07) is 1.86. The van der Waals surface area contributed by atoms with Gasteiger partial charge in [-0.05, 0) is 16.7 Å². The van der Waals surface area contributed by atoms with Crippen LogP contribution >= 0.6 is 0 Å². The summed E-state index contributed by atoms with van der Waals surface area (Å²) in [7, 11) is 0. The van der Waals surface area contributed by atoms with Crippen molar-refractivity contribution in [2.45, 2.75) is 53.9 Å². The Morgan fingerprint density at radius 1 is 1.10 bits per heavy atom. The molecule has 1 aliphatic rings. The van der Waals surface area contributed by atoms with E-state index in [0.717, 1.165) is 18.2 Å². The van der Waals surface area contributed by atoms with Crippen molar-refractivity contribution in [1.82, 2.24) is 9.97 Å². The molecule has 0 aromatic carbocycles. The largest absolute Gasteiger partial charge is 0.370 e. The fourth-order valence-electron chi connectivity index (χ4n) is 3.00. The molecule has 118 valence electrons. The van der Waals surface area contributed by atoms with E-state index in [9.17, 15) is 0 Å². The van der Waals surface area contributed by atoms with Gasteiger partial charge in [0, 0.05) is 18.0 Å². The van der Waals surface area contributed by atoms with E-state index in [0.29, 0.717) is 22.6 Å². The predicted octanol–water partition coefficient (Wildman–Crippen LogP) is 3.15. The molecule has 0 saturated heterocycles. The fraction of sp³-hybridized carbons (Fsp3) is 0.750. The third kappa shape index (κ3) is 2.84. The first-order valence-corrected chi connectivity index (χ1v) is 7.60. The molecule has 1 fully saturated rings. The van der Waals surface area contributed by atoms with Gasteiger partial charge in [0.1, 0.15) is 17.5 Å². The number of aromatic nitrogens is 2. The molecule has 1 aliphatic carbocycles. The maximum atomic E-state index is 5.52. The van der Waals surface area contributed by atoms with E-state index in [1.807, 2.05) is 6.07 Å². The standard InChI is InChI=1S/C16H29N5/c1-14(2,3)13-19-11(8-12(20-13)21-17)18-9-10-15(4,5)16(10,6)7/h8,10H,9,17H2,1-7H3,(H2,18,19,20,21). The minimum absolute atomic E-state index is 0.110. The van der Waals surface area contributed by atoms with Crippen LogP contribution in [0.25, 0.3) is 0 Å². The van der Waals surface area contributed by atoms with Crippen molar-refractivity contribution >= 4 is 11.6 Å². The Labute approximate surface area is 128 Å². The van der Waals surface area contributed by atoms with Gasteiger partial charge in [0.2, 0.25) is 0 Å². The van der Waals surface area contributed by atoms with Crippen LogP contribution in [-0.2, 0) is 5.41 Å². The molecule has 5 heteroatoms. The van der Waals surface area contributed by atoms with Gasteiger partial charge in [-0.1, -0.05) is 48.5 Å². The van der Waals surface area contributed by atoms with Crippen LogP contribution in [0.1, 0.15) is 54.3 Å². The molecule has 0 atom stereocenters. The maximum Gasteiger partial charge on any atom is 0.145 e. The van der Waals surface area contributed by atoms with Gasteiger partial charge >= 0.3 is 0 Å². The fourth-order valence-corrected chi connectivity index (χ4v) is 3.00. The zero-order valence-corrected chi connectivity index (χ0v) is 14.3. The number of anilines is 2. The summed E-state index contributed by atoms with van der Waals surface area (Å²) in [5, 5.41) is 3.46. The Morgan fingerprint density at radius 2 is 1.62 bits per heavy atom. The zero-order chi connectivity index (χ0) is 16.1. The predicted molar refractivity (Wildman–Crippen MR) is 88.1 cm³/mol. The Morgan fingerprint density at radius 3 is 2.05 bits per heavy atom. The lowest BCUT2D eigenvalue weighted by Crippen LogP contribution is -2.20. The average Bonchev–Trinajstić information content (AvgIpc) is 2.75. The SMILES string of the molecule is CC(C)(C)c1nc(NN)cc(NCC2C(C)(C)C2(C)C)n1. The van der Waals surface area contributed by atoms with Crippen LogP contribution in [0.2, 0.25) is 0 Å². The van der Waals surface area contributed by atoms with Gasteiger partial charge in [-0.25, -0.2) is 15.8 Å². The second-order valence-electron chi connectivity index (χ2n) is 8.23. The minimum Gasteiger partial charge on any atom is -0.370 e. The van der Waals surface area contributed by atoms with Gasteiger partial charge < -0.3 is 10.7 Å². The third-order valence-electron chi connectivity index (χ3n) is 5.35. The molecule has 0 spiro atoms. The quantitative estimate of drug-likeness (QED) is 0.587. The van der Waals surface area contributed by atoms with Crippen LogP contribution in [0.5, 0.6) is 0 Å². The molecule has 0 unspecified atom stereocenters. The Kier molecular flexibility index (Phi) is 3.69. The highest BCUT2D eigenvalue weighted by molar-refractivity contribution is 5.47. The molecule has 0 aliphatic heterocycles.